The summed E-state index contributed by atoms with van der Waals surface area (Å²) in [5, 5.41) is 8.82. The summed E-state index contributed by atoms with van der Waals surface area (Å²) < 4.78 is 5.32. The zero-order valence-electron chi connectivity index (χ0n) is 8.14. The van der Waals surface area contributed by atoms with Crippen LogP contribution in [0.4, 0.5) is 0 Å². The van der Waals surface area contributed by atoms with Crippen LogP contribution >= 0.6 is 0 Å². The molecule has 3 N–H and O–H groups in total. The van der Waals surface area contributed by atoms with Crippen LogP contribution < -0.4 is 10.5 Å². The van der Waals surface area contributed by atoms with E-state index in [-0.39, 0.29) is 6.42 Å². The SMILES string of the molecule is NC1(CC(=O)O)CCOc2ncccc21. The van der Waals surface area contributed by atoms with E-state index in [9.17, 15) is 4.79 Å². The Morgan fingerprint density at radius 3 is 3.27 bits per heavy atom. The molecule has 2 rings (SSSR count). The van der Waals surface area contributed by atoms with Gasteiger partial charge in [0.1, 0.15) is 0 Å². The van der Waals surface area contributed by atoms with Crippen LogP contribution in [0.2, 0.25) is 0 Å². The molecule has 0 saturated heterocycles. The number of aromatic nitrogens is 1. The summed E-state index contributed by atoms with van der Waals surface area (Å²) in [6.07, 6.45) is 2.00. The molecule has 0 radical (unpaired) electrons. The number of hydrogen-bond donors (Lipinski definition) is 2. The second kappa shape index (κ2) is 3.51. The molecule has 15 heavy (non-hydrogen) atoms. The van der Waals surface area contributed by atoms with Gasteiger partial charge in [0.25, 0.3) is 0 Å². The third kappa shape index (κ3) is 1.78. The molecule has 0 saturated carbocycles. The van der Waals surface area contributed by atoms with Crippen molar-refractivity contribution in [3.05, 3.63) is 23.9 Å². The molecule has 1 unspecified atom stereocenters. The summed E-state index contributed by atoms with van der Waals surface area (Å²) >= 11 is 0. The molecular weight excluding hydrogens is 196 g/mol. The number of carboxylic acid groups (broad SMARTS) is 1. The first-order chi connectivity index (χ1) is 7.12. The Labute approximate surface area is 86.9 Å². The minimum Gasteiger partial charge on any atom is -0.481 e. The highest BCUT2D eigenvalue weighted by atomic mass is 16.5. The summed E-state index contributed by atoms with van der Waals surface area (Å²) in [5.74, 6) is -0.457. The van der Waals surface area contributed by atoms with Crippen molar-refractivity contribution in [2.24, 2.45) is 5.73 Å². The first-order valence-electron chi connectivity index (χ1n) is 4.71. The summed E-state index contributed by atoms with van der Waals surface area (Å²) in [6.45, 7) is 0.411. The van der Waals surface area contributed by atoms with Crippen molar-refractivity contribution in [1.29, 1.82) is 0 Å². The predicted octanol–water partition coefficient (Wildman–Crippen LogP) is 0.493. The van der Waals surface area contributed by atoms with Gasteiger partial charge in [0.15, 0.2) is 0 Å². The molecule has 5 nitrogen and oxygen atoms in total. The first kappa shape index (κ1) is 9.92. The third-order valence-corrected chi connectivity index (χ3v) is 2.56. The maximum Gasteiger partial charge on any atom is 0.305 e. The van der Waals surface area contributed by atoms with Crippen molar-refractivity contribution in [3.8, 4) is 5.88 Å². The number of pyridine rings is 1. The normalized spacial score (nSPS) is 24.1. The van der Waals surface area contributed by atoms with Gasteiger partial charge in [-0.05, 0) is 6.07 Å². The Morgan fingerprint density at radius 1 is 1.73 bits per heavy atom. The fraction of sp³-hybridized carbons (Fsp3) is 0.400. The number of nitrogens with zero attached hydrogens (tertiary/aromatic N) is 1. The van der Waals surface area contributed by atoms with Gasteiger partial charge in [-0.1, -0.05) is 6.07 Å². The molecule has 80 valence electrons. The fourth-order valence-corrected chi connectivity index (χ4v) is 1.80. The number of ether oxygens (including phenoxy) is 1. The first-order valence-corrected chi connectivity index (χ1v) is 4.71. The Morgan fingerprint density at radius 2 is 2.53 bits per heavy atom. The summed E-state index contributed by atoms with van der Waals surface area (Å²) in [7, 11) is 0. The standard InChI is InChI=1S/C10H12N2O3/c11-10(6-8(13)14)3-5-15-9-7(10)2-1-4-12-9/h1-2,4H,3,5-6,11H2,(H,13,14). The van der Waals surface area contributed by atoms with Crippen LogP contribution in [-0.4, -0.2) is 22.7 Å². The highest BCUT2D eigenvalue weighted by Crippen LogP contribution is 2.35. The smallest absolute Gasteiger partial charge is 0.305 e. The lowest BCUT2D eigenvalue weighted by Crippen LogP contribution is -2.43. The number of fused-ring (bicyclic) bond motifs is 1. The lowest BCUT2D eigenvalue weighted by Gasteiger charge is -2.33. The van der Waals surface area contributed by atoms with E-state index in [0.717, 1.165) is 0 Å². The Balaban J connectivity index is 2.40. The number of carbonyl (C=O) groups is 1. The summed E-state index contributed by atoms with van der Waals surface area (Å²) in [5.41, 5.74) is 5.90. The van der Waals surface area contributed by atoms with E-state index in [2.05, 4.69) is 4.98 Å². The largest absolute Gasteiger partial charge is 0.481 e. The van der Waals surface area contributed by atoms with E-state index in [1.165, 1.54) is 0 Å². The molecule has 0 bridgehead atoms. The minimum atomic E-state index is -0.908. The molecule has 2 heterocycles. The van der Waals surface area contributed by atoms with Crippen molar-refractivity contribution >= 4 is 5.97 Å². The van der Waals surface area contributed by atoms with Gasteiger partial charge in [0.05, 0.1) is 18.6 Å². The van der Waals surface area contributed by atoms with Crippen LogP contribution in [-0.2, 0) is 10.3 Å². The lowest BCUT2D eigenvalue weighted by atomic mass is 9.84. The second-order valence-electron chi connectivity index (χ2n) is 3.68. The molecule has 1 aromatic heterocycles. The third-order valence-electron chi connectivity index (χ3n) is 2.56. The predicted molar refractivity (Wildman–Crippen MR) is 52.5 cm³/mol. The van der Waals surface area contributed by atoms with Crippen LogP contribution in [0.1, 0.15) is 18.4 Å². The fourth-order valence-electron chi connectivity index (χ4n) is 1.80. The van der Waals surface area contributed by atoms with E-state index in [4.69, 9.17) is 15.6 Å². The molecule has 1 aliphatic heterocycles. The molecule has 1 aliphatic rings. The Hall–Kier alpha value is -1.62. The van der Waals surface area contributed by atoms with Crippen LogP contribution in [0.3, 0.4) is 0 Å². The Bertz CT molecular complexity index is 394. The van der Waals surface area contributed by atoms with E-state index < -0.39 is 11.5 Å². The van der Waals surface area contributed by atoms with Gasteiger partial charge in [-0.2, -0.15) is 0 Å². The second-order valence-corrected chi connectivity index (χ2v) is 3.68. The monoisotopic (exact) mass is 208 g/mol. The summed E-state index contributed by atoms with van der Waals surface area (Å²) in [6, 6.07) is 3.50. The highest BCUT2D eigenvalue weighted by molar-refractivity contribution is 5.69. The molecule has 0 spiro atoms. The zero-order valence-corrected chi connectivity index (χ0v) is 8.14. The molecule has 5 heteroatoms. The minimum absolute atomic E-state index is 0.102. The van der Waals surface area contributed by atoms with Crippen molar-refractivity contribution in [1.82, 2.24) is 4.98 Å². The van der Waals surface area contributed by atoms with E-state index in [1.54, 1.807) is 18.3 Å². The van der Waals surface area contributed by atoms with Crippen LogP contribution in [0.15, 0.2) is 18.3 Å². The molecule has 0 aliphatic carbocycles. The van der Waals surface area contributed by atoms with Crippen molar-refractivity contribution in [2.75, 3.05) is 6.61 Å². The molecule has 1 atom stereocenters. The average Bonchev–Trinajstić information content (AvgIpc) is 2.17. The van der Waals surface area contributed by atoms with Gasteiger partial charge in [-0.3, -0.25) is 4.79 Å². The van der Waals surface area contributed by atoms with E-state index in [1.807, 2.05) is 0 Å². The van der Waals surface area contributed by atoms with Crippen molar-refractivity contribution in [2.45, 2.75) is 18.4 Å². The molecule has 0 fully saturated rings. The topological polar surface area (TPSA) is 85.4 Å². The summed E-state index contributed by atoms with van der Waals surface area (Å²) in [4.78, 5) is 14.8. The maximum atomic E-state index is 10.7. The molecule has 1 aromatic rings. The van der Waals surface area contributed by atoms with Gasteiger partial charge in [0, 0.05) is 18.2 Å². The van der Waals surface area contributed by atoms with Gasteiger partial charge in [0.2, 0.25) is 5.88 Å². The number of rotatable bonds is 2. The van der Waals surface area contributed by atoms with Crippen molar-refractivity contribution < 1.29 is 14.6 Å². The number of carboxylic acids is 1. The van der Waals surface area contributed by atoms with Gasteiger partial charge in [-0.15, -0.1) is 0 Å². The maximum absolute atomic E-state index is 10.7. The Kier molecular flexibility index (Phi) is 2.32. The number of aliphatic carboxylic acids is 1. The van der Waals surface area contributed by atoms with E-state index in [0.29, 0.717) is 24.5 Å². The molecular formula is C10H12N2O3. The van der Waals surface area contributed by atoms with Crippen LogP contribution in [0.5, 0.6) is 5.88 Å². The van der Waals surface area contributed by atoms with Crippen molar-refractivity contribution in [3.63, 3.8) is 0 Å². The molecule has 0 amide bonds. The highest BCUT2D eigenvalue weighted by Gasteiger charge is 2.36. The van der Waals surface area contributed by atoms with Gasteiger partial charge < -0.3 is 15.6 Å². The van der Waals surface area contributed by atoms with E-state index >= 15 is 0 Å². The van der Waals surface area contributed by atoms with Crippen LogP contribution in [0, 0.1) is 0 Å². The lowest BCUT2D eigenvalue weighted by molar-refractivity contribution is -0.138. The van der Waals surface area contributed by atoms with Gasteiger partial charge in [-0.25, -0.2) is 4.98 Å². The average molecular weight is 208 g/mol. The quantitative estimate of drug-likeness (QED) is 0.738. The molecule has 0 aromatic carbocycles. The zero-order chi connectivity index (χ0) is 10.9. The van der Waals surface area contributed by atoms with Crippen LogP contribution in [0.25, 0.3) is 0 Å². The number of hydrogen-bond acceptors (Lipinski definition) is 4. The van der Waals surface area contributed by atoms with Gasteiger partial charge >= 0.3 is 5.97 Å². The number of nitrogens with two attached hydrogens (primary N) is 1.